The molecule has 4 heteroatoms. The van der Waals surface area contributed by atoms with Crippen molar-refractivity contribution in [3.63, 3.8) is 0 Å². The third kappa shape index (κ3) is 25.7. The Morgan fingerprint density at radius 1 is 1.70 bits per heavy atom. The number of nitrogens with one attached hydrogen (secondary N) is 1. The molecule has 0 aliphatic carbocycles. The molecule has 0 aromatic rings. The minimum Gasteiger partial charge on any atom is -0.424 e. The van der Waals surface area contributed by atoms with Crippen LogP contribution in [0.5, 0.6) is 0 Å². The van der Waals surface area contributed by atoms with Gasteiger partial charge in [-0.15, -0.1) is 0 Å². The van der Waals surface area contributed by atoms with Gasteiger partial charge in [0.05, 0.1) is 0 Å². The lowest BCUT2D eigenvalue weighted by Gasteiger charge is -1.94. The van der Waals surface area contributed by atoms with Crippen molar-refractivity contribution in [1.82, 2.24) is 0 Å². The van der Waals surface area contributed by atoms with E-state index in [2.05, 4.69) is 13.5 Å². The summed E-state index contributed by atoms with van der Waals surface area (Å²) in [5.41, 5.74) is 0. The summed E-state index contributed by atoms with van der Waals surface area (Å²) < 4.78 is 5.21. The monoisotopic (exact) mass is 161 g/mol. The van der Waals surface area contributed by atoms with Gasteiger partial charge in [0.15, 0.2) is 9.76 Å². The number of rotatable bonds is 4. The van der Waals surface area contributed by atoms with Gasteiger partial charge in [-0.3, -0.25) is 0 Å². The van der Waals surface area contributed by atoms with Gasteiger partial charge in [-0.25, -0.2) is 10.2 Å². The minimum absolute atomic E-state index is 0.106. The fraction of sp³-hybridized carbons (Fsp3) is 0.833. The molecule has 0 aliphatic heterocycles. The van der Waals surface area contributed by atoms with Crippen LogP contribution in [-0.4, -0.2) is 22.4 Å². The molecule has 0 aromatic heterocycles. The molecule has 0 aliphatic rings. The molecule has 0 bridgehead atoms. The maximum Gasteiger partial charge on any atom is 0.231 e. The number of isocyanates is 1. The predicted octanol–water partition coefficient (Wildman–Crippen LogP) is 0.836. The highest BCUT2D eigenvalue weighted by atomic mass is 28.2. The summed E-state index contributed by atoms with van der Waals surface area (Å²) in [6, 6.07) is 0. The molecular formula is C6H15NO2Si. The third-order valence-electron chi connectivity index (χ3n) is 0.846. The normalized spacial score (nSPS) is 8.60. The summed E-state index contributed by atoms with van der Waals surface area (Å²) in [5, 5.41) is 5.40. The molecule has 10 heavy (non-hydrogen) atoms. The summed E-state index contributed by atoms with van der Waals surface area (Å²) in [4.78, 5) is 8.35. The minimum atomic E-state index is -0.106. The molecule has 1 N–H and O–H groups in total. The van der Waals surface area contributed by atoms with Crippen molar-refractivity contribution in [3.05, 3.63) is 0 Å². The lowest BCUT2D eigenvalue weighted by atomic mass is 10.4. The molecule has 0 rings (SSSR count). The fourth-order valence-electron chi connectivity index (χ4n) is 0.391. The third-order valence-corrected chi connectivity index (χ3v) is 1.54. The highest BCUT2D eigenvalue weighted by molar-refractivity contribution is 6.24. The first kappa shape index (κ1) is 12.3. The topological polar surface area (TPSA) is 50.1 Å². The van der Waals surface area contributed by atoms with Crippen molar-refractivity contribution in [3.8, 4) is 0 Å². The zero-order chi connectivity index (χ0) is 8.24. The average molecular weight is 161 g/mol. The second-order valence-electron chi connectivity index (χ2n) is 1.65. The van der Waals surface area contributed by atoms with Crippen molar-refractivity contribution >= 4 is 15.8 Å². The van der Waals surface area contributed by atoms with Crippen LogP contribution in [-0.2, 0) is 9.22 Å². The second-order valence-corrected chi connectivity index (χ2v) is 2.64. The van der Waals surface area contributed by atoms with Gasteiger partial charge in [-0.05, 0) is 6.42 Å². The SMILES string of the molecule is CCCCO[SiH2]C.N=C=O. The lowest BCUT2D eigenvalue weighted by molar-refractivity contribution is 0.329. The predicted molar refractivity (Wildman–Crippen MR) is 43.7 cm³/mol. The molecule has 0 amide bonds. The molecular weight excluding hydrogens is 146 g/mol. The van der Waals surface area contributed by atoms with Crippen LogP contribution >= 0.6 is 0 Å². The highest BCUT2D eigenvalue weighted by Gasteiger charge is 1.78. The Hall–Kier alpha value is -0.443. The molecule has 0 fully saturated rings. The molecule has 0 heterocycles. The van der Waals surface area contributed by atoms with Gasteiger partial charge in [0.25, 0.3) is 0 Å². The fourth-order valence-corrected chi connectivity index (χ4v) is 0.884. The molecule has 0 unspecified atom stereocenters. The molecule has 60 valence electrons. The van der Waals surface area contributed by atoms with E-state index in [0.29, 0.717) is 0 Å². The molecule has 0 spiro atoms. The Morgan fingerprint density at radius 2 is 2.20 bits per heavy atom. The van der Waals surface area contributed by atoms with Crippen LogP contribution in [0.3, 0.4) is 0 Å². The number of unbranched alkanes of at least 4 members (excludes halogenated alkanes) is 1. The zero-order valence-electron chi connectivity index (χ0n) is 6.64. The molecule has 3 nitrogen and oxygen atoms in total. The van der Waals surface area contributed by atoms with Crippen LogP contribution in [0, 0.1) is 5.41 Å². The average Bonchev–Trinajstić information content (AvgIpc) is 1.91. The van der Waals surface area contributed by atoms with E-state index in [9.17, 15) is 0 Å². The Morgan fingerprint density at radius 3 is 2.50 bits per heavy atom. The summed E-state index contributed by atoms with van der Waals surface area (Å²) in [5.74, 6) is 0. The molecule has 0 aromatic carbocycles. The summed E-state index contributed by atoms with van der Waals surface area (Å²) in [6.07, 6.45) is 3.25. The van der Waals surface area contributed by atoms with Crippen molar-refractivity contribution < 1.29 is 9.22 Å². The van der Waals surface area contributed by atoms with Crippen LogP contribution in [0.1, 0.15) is 19.8 Å². The van der Waals surface area contributed by atoms with Gasteiger partial charge in [0, 0.05) is 6.61 Å². The molecule has 0 radical (unpaired) electrons. The van der Waals surface area contributed by atoms with Crippen LogP contribution in [0.15, 0.2) is 0 Å². The summed E-state index contributed by atoms with van der Waals surface area (Å²) >= 11 is 0. The zero-order valence-corrected chi connectivity index (χ0v) is 8.06. The van der Waals surface area contributed by atoms with E-state index in [1.54, 1.807) is 0 Å². The molecule has 0 saturated carbocycles. The van der Waals surface area contributed by atoms with Crippen molar-refractivity contribution in [2.75, 3.05) is 6.61 Å². The van der Waals surface area contributed by atoms with Gasteiger partial charge >= 0.3 is 0 Å². The Bertz CT molecular complexity index is 77.8. The van der Waals surface area contributed by atoms with Gasteiger partial charge in [-0.1, -0.05) is 19.9 Å². The van der Waals surface area contributed by atoms with Crippen LogP contribution in [0.25, 0.3) is 0 Å². The van der Waals surface area contributed by atoms with Crippen molar-refractivity contribution in [2.45, 2.75) is 26.3 Å². The van der Waals surface area contributed by atoms with E-state index in [1.807, 2.05) is 0 Å². The van der Waals surface area contributed by atoms with Crippen LogP contribution in [0.2, 0.25) is 6.55 Å². The van der Waals surface area contributed by atoms with Gasteiger partial charge in [0.2, 0.25) is 6.08 Å². The van der Waals surface area contributed by atoms with E-state index >= 15 is 0 Å². The second kappa shape index (κ2) is 15.8. The highest BCUT2D eigenvalue weighted by Crippen LogP contribution is 1.84. The van der Waals surface area contributed by atoms with Crippen LogP contribution in [0.4, 0.5) is 0 Å². The van der Waals surface area contributed by atoms with Crippen molar-refractivity contribution in [1.29, 1.82) is 5.41 Å². The van der Waals surface area contributed by atoms with Crippen LogP contribution < -0.4 is 0 Å². The standard InChI is InChI=1S/C5H14OSi.CHNO/c1-3-4-5-6-7-2;2-1-3/h3-5,7H2,1-2H3;2H. The maximum atomic E-state index is 8.35. The van der Waals surface area contributed by atoms with Gasteiger partial charge in [-0.2, -0.15) is 0 Å². The van der Waals surface area contributed by atoms with E-state index < -0.39 is 0 Å². The summed E-state index contributed by atoms with van der Waals surface area (Å²) in [7, 11) is -0.106. The van der Waals surface area contributed by atoms with E-state index in [4.69, 9.17) is 14.6 Å². The van der Waals surface area contributed by atoms with Gasteiger partial charge in [0.1, 0.15) is 0 Å². The Labute approximate surface area is 64.2 Å². The van der Waals surface area contributed by atoms with E-state index in [1.165, 1.54) is 12.8 Å². The quantitative estimate of drug-likeness (QED) is 0.287. The first-order valence-electron chi connectivity index (χ1n) is 3.45. The maximum absolute atomic E-state index is 8.35. The first-order valence-corrected chi connectivity index (χ1v) is 5.44. The lowest BCUT2D eigenvalue weighted by Crippen LogP contribution is -1.94. The van der Waals surface area contributed by atoms with Gasteiger partial charge < -0.3 is 4.43 Å². The Balaban J connectivity index is 0. The summed E-state index contributed by atoms with van der Waals surface area (Å²) in [6.45, 7) is 5.34. The van der Waals surface area contributed by atoms with Crippen molar-refractivity contribution in [2.24, 2.45) is 0 Å². The van der Waals surface area contributed by atoms with E-state index in [-0.39, 0.29) is 9.76 Å². The number of hydrogen-bond acceptors (Lipinski definition) is 3. The molecule has 0 atom stereocenters. The smallest absolute Gasteiger partial charge is 0.231 e. The number of carbonyl (C=O) groups excluding carboxylic acids is 1. The largest absolute Gasteiger partial charge is 0.424 e. The Kier molecular flexibility index (Phi) is 19.4. The number of hydrogen-bond donors (Lipinski definition) is 1. The molecule has 0 saturated heterocycles. The van der Waals surface area contributed by atoms with E-state index in [0.717, 1.165) is 12.7 Å². The first-order chi connectivity index (χ1) is 4.83.